The van der Waals surface area contributed by atoms with E-state index in [2.05, 4.69) is 16.0 Å². The minimum absolute atomic E-state index is 0.276. The van der Waals surface area contributed by atoms with E-state index in [1.54, 1.807) is 11.8 Å². The van der Waals surface area contributed by atoms with Crippen molar-refractivity contribution < 1.29 is 24.3 Å². The predicted octanol–water partition coefficient (Wildman–Crippen LogP) is 1.82. The van der Waals surface area contributed by atoms with E-state index in [1.165, 1.54) is 0 Å². The zero-order chi connectivity index (χ0) is 26.8. The van der Waals surface area contributed by atoms with Gasteiger partial charge in [-0.3, -0.25) is 19.2 Å². The molecule has 0 saturated carbocycles. The van der Waals surface area contributed by atoms with E-state index in [0.29, 0.717) is 45.1 Å². The summed E-state index contributed by atoms with van der Waals surface area (Å²) in [6.07, 6.45) is 6.29. The first-order valence-electron chi connectivity index (χ1n) is 13.7. The molecule has 204 valence electrons. The Labute approximate surface area is 219 Å². The molecule has 9 heteroatoms. The topological polar surface area (TPSA) is 128 Å². The molecular formula is C28H42N4O5. The molecule has 5 atom stereocenters. The van der Waals surface area contributed by atoms with Crippen LogP contribution >= 0.6 is 0 Å². The van der Waals surface area contributed by atoms with E-state index in [1.807, 2.05) is 37.3 Å². The molecule has 1 unspecified atom stereocenters. The molecule has 2 saturated heterocycles. The second kappa shape index (κ2) is 14.1. The summed E-state index contributed by atoms with van der Waals surface area (Å²) in [5.41, 5.74) is 0.898. The number of amides is 4. The highest BCUT2D eigenvalue weighted by Gasteiger charge is 2.38. The minimum atomic E-state index is -0.866. The zero-order valence-corrected chi connectivity index (χ0v) is 22.1. The number of nitrogens with zero attached hydrogens (tertiary/aromatic N) is 1. The van der Waals surface area contributed by atoms with Crippen molar-refractivity contribution in [2.75, 3.05) is 6.54 Å². The van der Waals surface area contributed by atoms with Gasteiger partial charge in [0.15, 0.2) is 0 Å². The van der Waals surface area contributed by atoms with E-state index in [-0.39, 0.29) is 17.9 Å². The number of hydrogen-bond donors (Lipinski definition) is 4. The number of piperidine rings is 1. The van der Waals surface area contributed by atoms with Crippen molar-refractivity contribution in [3.63, 3.8) is 0 Å². The summed E-state index contributed by atoms with van der Waals surface area (Å²) >= 11 is 0. The van der Waals surface area contributed by atoms with Gasteiger partial charge in [0, 0.05) is 13.0 Å². The zero-order valence-electron chi connectivity index (χ0n) is 22.1. The van der Waals surface area contributed by atoms with Gasteiger partial charge >= 0.3 is 0 Å². The Morgan fingerprint density at radius 3 is 2.38 bits per heavy atom. The summed E-state index contributed by atoms with van der Waals surface area (Å²) in [7, 11) is 0. The van der Waals surface area contributed by atoms with Crippen LogP contribution in [0.2, 0.25) is 0 Å². The van der Waals surface area contributed by atoms with Crippen molar-refractivity contribution in [2.45, 2.75) is 108 Å². The molecule has 2 fully saturated rings. The summed E-state index contributed by atoms with van der Waals surface area (Å²) < 4.78 is 0. The molecule has 4 amide bonds. The Morgan fingerprint density at radius 1 is 0.919 bits per heavy atom. The smallest absolute Gasteiger partial charge is 0.246 e. The van der Waals surface area contributed by atoms with Crippen LogP contribution in [0.1, 0.15) is 77.2 Å². The summed E-state index contributed by atoms with van der Waals surface area (Å²) in [6.45, 7) is 3.96. The monoisotopic (exact) mass is 514 g/mol. The van der Waals surface area contributed by atoms with Crippen LogP contribution in [0.15, 0.2) is 30.3 Å². The molecule has 3 rings (SSSR count). The van der Waals surface area contributed by atoms with Crippen molar-refractivity contribution in [1.29, 1.82) is 0 Å². The summed E-state index contributed by atoms with van der Waals surface area (Å²) in [4.78, 5) is 54.8. The number of aliphatic hydroxyl groups excluding tert-OH is 1. The fourth-order valence-corrected chi connectivity index (χ4v) is 5.04. The van der Waals surface area contributed by atoms with Gasteiger partial charge in [0.2, 0.25) is 23.6 Å². The highest BCUT2D eigenvalue weighted by Crippen LogP contribution is 2.21. The second-order valence-corrected chi connectivity index (χ2v) is 10.3. The Morgan fingerprint density at radius 2 is 1.65 bits per heavy atom. The maximum Gasteiger partial charge on any atom is 0.246 e. The SMILES string of the molecule is CCC(O)CCCCC[C@@H]1NC(=O)[C@H]2CCCCN2C(=O)[C@H](Cc2ccccc2)NC(=O)[C@H](C)NC1=O. The third-order valence-electron chi connectivity index (χ3n) is 7.37. The third kappa shape index (κ3) is 8.28. The molecule has 0 bridgehead atoms. The van der Waals surface area contributed by atoms with E-state index in [9.17, 15) is 24.3 Å². The van der Waals surface area contributed by atoms with Gasteiger partial charge in [0.05, 0.1) is 6.10 Å². The van der Waals surface area contributed by atoms with Gasteiger partial charge in [-0.2, -0.15) is 0 Å². The molecule has 0 spiro atoms. The van der Waals surface area contributed by atoms with Gasteiger partial charge in [0.25, 0.3) is 0 Å². The largest absolute Gasteiger partial charge is 0.393 e. The molecule has 2 heterocycles. The van der Waals surface area contributed by atoms with Crippen LogP contribution in [-0.4, -0.2) is 70.5 Å². The minimum Gasteiger partial charge on any atom is -0.393 e. The third-order valence-corrected chi connectivity index (χ3v) is 7.37. The summed E-state index contributed by atoms with van der Waals surface area (Å²) in [5, 5.41) is 18.2. The van der Waals surface area contributed by atoms with Crippen LogP contribution in [0.3, 0.4) is 0 Å². The molecule has 0 aliphatic carbocycles. The van der Waals surface area contributed by atoms with Crippen molar-refractivity contribution in [2.24, 2.45) is 0 Å². The average Bonchev–Trinajstić information content (AvgIpc) is 2.91. The van der Waals surface area contributed by atoms with Crippen molar-refractivity contribution >= 4 is 23.6 Å². The number of rotatable bonds is 9. The van der Waals surface area contributed by atoms with Crippen LogP contribution < -0.4 is 16.0 Å². The molecule has 1 aromatic carbocycles. The lowest BCUT2D eigenvalue weighted by atomic mass is 9.97. The van der Waals surface area contributed by atoms with E-state index in [4.69, 9.17) is 0 Å². The molecule has 9 nitrogen and oxygen atoms in total. The maximum absolute atomic E-state index is 13.7. The maximum atomic E-state index is 13.7. The number of hydrogen-bond acceptors (Lipinski definition) is 5. The first-order valence-corrected chi connectivity index (χ1v) is 13.7. The second-order valence-electron chi connectivity index (χ2n) is 10.3. The Balaban J connectivity index is 1.77. The van der Waals surface area contributed by atoms with Crippen molar-refractivity contribution in [3.8, 4) is 0 Å². The van der Waals surface area contributed by atoms with Crippen LogP contribution in [0.5, 0.6) is 0 Å². The number of aliphatic hydroxyl groups is 1. The fraction of sp³-hybridized carbons (Fsp3) is 0.643. The molecule has 0 radical (unpaired) electrons. The fourth-order valence-electron chi connectivity index (χ4n) is 5.04. The molecule has 2 aliphatic rings. The normalized spacial score (nSPS) is 26.2. The van der Waals surface area contributed by atoms with Gasteiger partial charge in [0.1, 0.15) is 24.2 Å². The van der Waals surface area contributed by atoms with E-state index >= 15 is 0 Å². The first kappa shape index (κ1) is 28.6. The predicted molar refractivity (Wildman–Crippen MR) is 140 cm³/mol. The summed E-state index contributed by atoms with van der Waals surface area (Å²) in [6, 6.07) is 6.26. The number of unbranched alkanes of at least 4 members (excludes halogenated alkanes) is 2. The Hall–Kier alpha value is -2.94. The number of carbonyl (C=O) groups excluding carboxylic acids is 4. The molecule has 37 heavy (non-hydrogen) atoms. The number of fused-ring (bicyclic) bond motifs is 1. The van der Waals surface area contributed by atoms with Gasteiger partial charge in [-0.15, -0.1) is 0 Å². The van der Waals surface area contributed by atoms with Gasteiger partial charge in [-0.05, 0) is 51.0 Å². The number of carbonyl (C=O) groups is 4. The quantitative estimate of drug-likeness (QED) is 0.374. The summed E-state index contributed by atoms with van der Waals surface area (Å²) in [5.74, 6) is -1.44. The van der Waals surface area contributed by atoms with Gasteiger partial charge in [-0.1, -0.05) is 56.5 Å². The molecule has 4 N–H and O–H groups in total. The number of nitrogens with one attached hydrogen (secondary N) is 3. The van der Waals surface area contributed by atoms with E-state index in [0.717, 1.165) is 31.2 Å². The molecule has 0 aromatic heterocycles. The van der Waals surface area contributed by atoms with Gasteiger partial charge in [-0.25, -0.2) is 0 Å². The van der Waals surface area contributed by atoms with E-state index < -0.39 is 36.0 Å². The van der Waals surface area contributed by atoms with Crippen LogP contribution in [0.4, 0.5) is 0 Å². The van der Waals surface area contributed by atoms with Crippen LogP contribution in [-0.2, 0) is 25.6 Å². The lowest BCUT2D eigenvalue weighted by Gasteiger charge is -2.38. The highest BCUT2D eigenvalue weighted by molar-refractivity contribution is 5.97. The standard InChI is InChI=1S/C28H42N4O5/c1-3-21(33)14-8-5-9-15-22-26(35)29-19(2)25(34)31-23(18-20-12-6-4-7-13-20)28(37)32-17-11-10-16-24(32)27(36)30-22/h4,6-7,12-13,19,21-24,33H,3,5,8-11,14-18H2,1-2H3,(H,29,35)(H,30,36)(H,31,34)/t19-,21?,22-,23-,24+/m0/s1. The highest BCUT2D eigenvalue weighted by atomic mass is 16.3. The Bertz CT molecular complexity index is 924. The lowest BCUT2D eigenvalue weighted by molar-refractivity contribution is -0.146. The van der Waals surface area contributed by atoms with Crippen molar-refractivity contribution in [3.05, 3.63) is 35.9 Å². The van der Waals surface area contributed by atoms with Gasteiger partial charge < -0.3 is 26.0 Å². The lowest BCUT2D eigenvalue weighted by Crippen LogP contribution is -2.63. The first-order chi connectivity index (χ1) is 17.8. The molecule has 2 aliphatic heterocycles. The number of benzene rings is 1. The Kier molecular flexibility index (Phi) is 10.9. The molecular weight excluding hydrogens is 472 g/mol. The van der Waals surface area contributed by atoms with Crippen LogP contribution in [0.25, 0.3) is 0 Å². The average molecular weight is 515 g/mol. The van der Waals surface area contributed by atoms with Crippen LogP contribution in [0, 0.1) is 0 Å². The molecule has 1 aromatic rings. The van der Waals surface area contributed by atoms with Crippen molar-refractivity contribution in [1.82, 2.24) is 20.9 Å².